The van der Waals surface area contributed by atoms with Gasteiger partial charge in [0.1, 0.15) is 17.4 Å². The highest BCUT2D eigenvalue weighted by Crippen LogP contribution is 2.18. The number of hydrogen-bond donors (Lipinski definition) is 1. The normalized spacial score (nSPS) is 10.8. The van der Waals surface area contributed by atoms with Crippen molar-refractivity contribution >= 4 is 17.7 Å². The van der Waals surface area contributed by atoms with Gasteiger partial charge in [-0.1, -0.05) is 12.1 Å². The van der Waals surface area contributed by atoms with Gasteiger partial charge in [-0.25, -0.2) is 8.78 Å². The number of carbonyl (C=O) groups excluding carboxylic acids is 1. The fourth-order valence-corrected chi connectivity index (χ4v) is 1.94. The molecule has 0 atom stereocenters. The molecule has 122 valence electrons. The first kappa shape index (κ1) is 17.2. The van der Waals surface area contributed by atoms with Gasteiger partial charge in [-0.15, -0.1) is 0 Å². The van der Waals surface area contributed by atoms with E-state index in [0.717, 1.165) is 12.1 Å². The maximum Gasteiger partial charge on any atom is 0.266 e. The van der Waals surface area contributed by atoms with Crippen molar-refractivity contribution < 1.29 is 18.3 Å². The number of nitrogens with zero attached hydrogens (tertiary/aromatic N) is 1. The molecule has 1 amide bonds. The van der Waals surface area contributed by atoms with E-state index in [1.807, 2.05) is 6.92 Å². The average molecular weight is 328 g/mol. The lowest BCUT2D eigenvalue weighted by Gasteiger charge is -2.07. The molecule has 0 aromatic heterocycles. The summed E-state index contributed by atoms with van der Waals surface area (Å²) < 4.78 is 32.1. The smallest absolute Gasteiger partial charge is 0.266 e. The zero-order valence-electron chi connectivity index (χ0n) is 12.8. The predicted molar refractivity (Wildman–Crippen MR) is 86.2 cm³/mol. The Bertz CT molecular complexity index is 809. The summed E-state index contributed by atoms with van der Waals surface area (Å²) >= 11 is 0. The van der Waals surface area contributed by atoms with Crippen molar-refractivity contribution in [1.29, 1.82) is 5.26 Å². The quantitative estimate of drug-likeness (QED) is 0.668. The molecule has 0 radical (unpaired) electrons. The number of nitrogens with one attached hydrogen (secondary N) is 1. The highest BCUT2D eigenvalue weighted by atomic mass is 19.2. The van der Waals surface area contributed by atoms with Crippen LogP contribution in [0.5, 0.6) is 5.75 Å². The summed E-state index contributed by atoms with van der Waals surface area (Å²) in [4.78, 5) is 12.1. The predicted octanol–water partition coefficient (Wildman–Crippen LogP) is 3.91. The minimum atomic E-state index is -1.11. The lowest BCUT2D eigenvalue weighted by Crippen LogP contribution is -2.13. The van der Waals surface area contributed by atoms with E-state index >= 15 is 0 Å². The van der Waals surface area contributed by atoms with Gasteiger partial charge in [0, 0.05) is 11.3 Å². The summed E-state index contributed by atoms with van der Waals surface area (Å²) in [5.41, 5.74) is -0.0638. The number of amides is 1. The number of anilines is 1. The molecule has 0 spiro atoms. The second kappa shape index (κ2) is 7.88. The van der Waals surface area contributed by atoms with E-state index in [1.165, 1.54) is 12.1 Å². The Morgan fingerprint density at radius 2 is 1.96 bits per heavy atom. The molecule has 0 saturated heterocycles. The molecule has 0 fully saturated rings. The van der Waals surface area contributed by atoms with Crippen LogP contribution < -0.4 is 10.1 Å². The Hall–Kier alpha value is -3.20. The van der Waals surface area contributed by atoms with Gasteiger partial charge in [0.2, 0.25) is 0 Å². The van der Waals surface area contributed by atoms with Crippen molar-refractivity contribution in [2.45, 2.75) is 6.92 Å². The van der Waals surface area contributed by atoms with Crippen LogP contribution in [0.25, 0.3) is 6.08 Å². The van der Waals surface area contributed by atoms with Gasteiger partial charge in [0.15, 0.2) is 11.6 Å². The number of ether oxygens (including phenoxy) is 1. The van der Waals surface area contributed by atoms with Gasteiger partial charge >= 0.3 is 0 Å². The van der Waals surface area contributed by atoms with E-state index in [0.29, 0.717) is 18.0 Å². The van der Waals surface area contributed by atoms with Gasteiger partial charge in [0.25, 0.3) is 5.91 Å². The topological polar surface area (TPSA) is 62.1 Å². The van der Waals surface area contributed by atoms with Crippen molar-refractivity contribution in [2.75, 3.05) is 11.9 Å². The van der Waals surface area contributed by atoms with Crippen LogP contribution in [-0.2, 0) is 4.79 Å². The number of nitriles is 1. The standard InChI is InChI=1S/C18H14F2N2O2/c1-2-24-15-8-6-14(7-9-15)22-18(23)13(11-21)10-12-4-3-5-16(19)17(12)20/h3-10H,2H2,1H3,(H,22,23)/b13-10-. The Morgan fingerprint density at radius 3 is 2.58 bits per heavy atom. The van der Waals surface area contributed by atoms with Crippen LogP contribution in [0.1, 0.15) is 12.5 Å². The minimum Gasteiger partial charge on any atom is -0.494 e. The molecule has 4 nitrogen and oxygen atoms in total. The minimum absolute atomic E-state index is 0.173. The molecule has 2 aromatic rings. The summed E-state index contributed by atoms with van der Waals surface area (Å²) in [6.45, 7) is 2.37. The molecule has 0 aliphatic heterocycles. The van der Waals surface area contributed by atoms with Gasteiger partial charge in [-0.05, 0) is 43.3 Å². The third-order valence-electron chi connectivity index (χ3n) is 3.07. The molecular weight excluding hydrogens is 314 g/mol. The molecule has 6 heteroatoms. The van der Waals surface area contributed by atoms with Crippen LogP contribution in [0.3, 0.4) is 0 Å². The van der Waals surface area contributed by atoms with Gasteiger partial charge in [-0.2, -0.15) is 5.26 Å². The molecule has 0 saturated carbocycles. The molecular formula is C18H14F2N2O2. The van der Waals surface area contributed by atoms with E-state index in [1.54, 1.807) is 30.3 Å². The van der Waals surface area contributed by atoms with Crippen LogP contribution >= 0.6 is 0 Å². The summed E-state index contributed by atoms with van der Waals surface area (Å²) in [5.74, 6) is -2.23. The molecule has 0 bridgehead atoms. The largest absolute Gasteiger partial charge is 0.494 e. The van der Waals surface area contributed by atoms with Crippen molar-refractivity contribution in [2.24, 2.45) is 0 Å². The molecule has 0 unspecified atom stereocenters. The highest BCUT2D eigenvalue weighted by molar-refractivity contribution is 6.09. The second-order valence-corrected chi connectivity index (χ2v) is 4.72. The Kier molecular flexibility index (Phi) is 5.63. The van der Waals surface area contributed by atoms with E-state index in [4.69, 9.17) is 10.00 Å². The number of carbonyl (C=O) groups is 1. The first-order chi connectivity index (χ1) is 11.5. The van der Waals surface area contributed by atoms with Crippen molar-refractivity contribution in [1.82, 2.24) is 0 Å². The third kappa shape index (κ3) is 4.17. The van der Waals surface area contributed by atoms with Crippen LogP contribution in [0.2, 0.25) is 0 Å². The van der Waals surface area contributed by atoms with Crippen LogP contribution in [0.4, 0.5) is 14.5 Å². The second-order valence-electron chi connectivity index (χ2n) is 4.72. The number of halogens is 2. The summed E-state index contributed by atoms with van der Waals surface area (Å²) in [6, 6.07) is 11.8. The van der Waals surface area contributed by atoms with E-state index in [-0.39, 0.29) is 11.1 Å². The summed E-state index contributed by atoms with van der Waals surface area (Å²) in [7, 11) is 0. The van der Waals surface area contributed by atoms with E-state index < -0.39 is 17.5 Å². The maximum absolute atomic E-state index is 13.6. The fraction of sp³-hybridized carbons (Fsp3) is 0.111. The fourth-order valence-electron chi connectivity index (χ4n) is 1.94. The summed E-state index contributed by atoms with van der Waals surface area (Å²) in [6.07, 6.45) is 1.00. The van der Waals surface area contributed by atoms with E-state index in [2.05, 4.69) is 5.32 Å². The molecule has 0 aliphatic carbocycles. The Morgan fingerprint density at radius 1 is 1.25 bits per heavy atom. The Labute approximate surface area is 138 Å². The van der Waals surface area contributed by atoms with Gasteiger partial charge in [0.05, 0.1) is 6.61 Å². The zero-order valence-corrected chi connectivity index (χ0v) is 12.8. The zero-order chi connectivity index (χ0) is 17.5. The number of hydrogen-bond acceptors (Lipinski definition) is 3. The summed E-state index contributed by atoms with van der Waals surface area (Å²) in [5, 5.41) is 11.6. The van der Waals surface area contributed by atoms with E-state index in [9.17, 15) is 13.6 Å². The molecule has 0 aliphatic rings. The van der Waals surface area contributed by atoms with Crippen molar-refractivity contribution in [3.05, 3.63) is 65.2 Å². The highest BCUT2D eigenvalue weighted by Gasteiger charge is 2.12. The number of benzene rings is 2. The first-order valence-corrected chi connectivity index (χ1v) is 7.15. The average Bonchev–Trinajstić information content (AvgIpc) is 2.58. The molecule has 24 heavy (non-hydrogen) atoms. The van der Waals surface area contributed by atoms with Gasteiger partial charge < -0.3 is 10.1 Å². The molecule has 0 heterocycles. The van der Waals surface area contributed by atoms with Crippen LogP contribution in [0, 0.1) is 23.0 Å². The van der Waals surface area contributed by atoms with Crippen LogP contribution in [-0.4, -0.2) is 12.5 Å². The Balaban J connectivity index is 2.18. The van der Waals surface area contributed by atoms with Crippen LogP contribution in [0.15, 0.2) is 48.0 Å². The SMILES string of the molecule is CCOc1ccc(NC(=O)/C(C#N)=C\c2cccc(F)c2F)cc1. The third-order valence-corrected chi connectivity index (χ3v) is 3.07. The maximum atomic E-state index is 13.6. The monoisotopic (exact) mass is 328 g/mol. The van der Waals surface area contributed by atoms with Crippen molar-refractivity contribution in [3.8, 4) is 11.8 Å². The molecule has 1 N–H and O–H groups in total. The first-order valence-electron chi connectivity index (χ1n) is 7.15. The lowest BCUT2D eigenvalue weighted by atomic mass is 10.1. The number of rotatable bonds is 5. The molecule has 2 aromatic carbocycles. The van der Waals surface area contributed by atoms with Crippen molar-refractivity contribution in [3.63, 3.8) is 0 Å². The lowest BCUT2D eigenvalue weighted by molar-refractivity contribution is -0.112. The molecule has 2 rings (SSSR count). The van der Waals surface area contributed by atoms with Gasteiger partial charge in [-0.3, -0.25) is 4.79 Å².